The molecule has 0 amide bonds. The van der Waals surface area contributed by atoms with Gasteiger partial charge in [-0.15, -0.1) is 0 Å². The molecule has 108 valence electrons. The van der Waals surface area contributed by atoms with Gasteiger partial charge in [-0.3, -0.25) is 4.79 Å². The molecule has 0 fully saturated rings. The molecule has 0 radical (unpaired) electrons. The molecule has 0 unspecified atom stereocenters. The molecule has 0 aromatic carbocycles. The van der Waals surface area contributed by atoms with Crippen molar-refractivity contribution in [3.63, 3.8) is 0 Å². The van der Waals surface area contributed by atoms with E-state index in [1.165, 1.54) is 19.3 Å². The van der Waals surface area contributed by atoms with Crippen molar-refractivity contribution in [3.8, 4) is 0 Å². The molecule has 0 aromatic rings. The first kappa shape index (κ1) is 17.4. The highest BCUT2D eigenvalue weighted by Crippen LogP contribution is 2.06. The maximum atomic E-state index is 11.5. The fourth-order valence-corrected chi connectivity index (χ4v) is 1.62. The Hall–Kier alpha value is -0.610. The standard InChI is InChI=1S/C14H28O4/c1-4-7-8-9-10-11-13(15)18-12-14(16-5-2)17-6-3/h14H,4-12H2,1-3H3. The molecule has 0 rings (SSSR count). The first-order chi connectivity index (χ1) is 8.74. The van der Waals surface area contributed by atoms with E-state index < -0.39 is 6.29 Å². The smallest absolute Gasteiger partial charge is 0.305 e. The van der Waals surface area contributed by atoms with Crippen LogP contribution in [0.4, 0.5) is 0 Å². The van der Waals surface area contributed by atoms with Crippen LogP contribution in [0.5, 0.6) is 0 Å². The van der Waals surface area contributed by atoms with Gasteiger partial charge in [-0.1, -0.05) is 32.6 Å². The lowest BCUT2D eigenvalue weighted by Crippen LogP contribution is -2.25. The summed E-state index contributed by atoms with van der Waals surface area (Å²) in [5, 5.41) is 0. The van der Waals surface area contributed by atoms with Crippen molar-refractivity contribution >= 4 is 5.97 Å². The van der Waals surface area contributed by atoms with Crippen LogP contribution in [0.1, 0.15) is 59.3 Å². The average molecular weight is 260 g/mol. The second-order valence-electron chi connectivity index (χ2n) is 4.19. The third-order valence-corrected chi connectivity index (χ3v) is 2.57. The summed E-state index contributed by atoms with van der Waals surface area (Å²) in [6, 6.07) is 0. The maximum absolute atomic E-state index is 11.5. The number of ether oxygens (including phenoxy) is 3. The van der Waals surface area contributed by atoms with Gasteiger partial charge in [0, 0.05) is 19.6 Å². The van der Waals surface area contributed by atoms with E-state index in [0.29, 0.717) is 19.6 Å². The number of unbranched alkanes of at least 4 members (excludes halogenated alkanes) is 4. The molecule has 4 heteroatoms. The summed E-state index contributed by atoms with van der Waals surface area (Å²) >= 11 is 0. The second-order valence-corrected chi connectivity index (χ2v) is 4.19. The molecular formula is C14H28O4. The van der Waals surface area contributed by atoms with E-state index in [1.807, 2.05) is 13.8 Å². The molecule has 0 saturated heterocycles. The quantitative estimate of drug-likeness (QED) is 0.307. The van der Waals surface area contributed by atoms with Crippen molar-refractivity contribution in [2.45, 2.75) is 65.6 Å². The molecule has 0 atom stereocenters. The zero-order valence-corrected chi connectivity index (χ0v) is 12.1. The zero-order chi connectivity index (χ0) is 13.6. The summed E-state index contributed by atoms with van der Waals surface area (Å²) in [7, 11) is 0. The number of hydrogen-bond acceptors (Lipinski definition) is 4. The number of esters is 1. The first-order valence-corrected chi connectivity index (χ1v) is 7.13. The molecule has 18 heavy (non-hydrogen) atoms. The number of carbonyl (C=O) groups is 1. The fraction of sp³-hybridized carbons (Fsp3) is 0.929. The van der Waals surface area contributed by atoms with E-state index in [2.05, 4.69) is 6.92 Å². The Balaban J connectivity index is 3.54. The SMILES string of the molecule is CCCCCCCC(=O)OCC(OCC)OCC. The van der Waals surface area contributed by atoms with E-state index in [9.17, 15) is 4.79 Å². The van der Waals surface area contributed by atoms with Gasteiger partial charge in [0.05, 0.1) is 0 Å². The zero-order valence-electron chi connectivity index (χ0n) is 12.1. The minimum Gasteiger partial charge on any atom is -0.460 e. The Morgan fingerprint density at radius 3 is 2.11 bits per heavy atom. The van der Waals surface area contributed by atoms with Crippen LogP contribution < -0.4 is 0 Å². The highest BCUT2D eigenvalue weighted by atomic mass is 16.7. The maximum Gasteiger partial charge on any atom is 0.305 e. The van der Waals surface area contributed by atoms with Gasteiger partial charge in [-0.05, 0) is 20.3 Å². The van der Waals surface area contributed by atoms with Gasteiger partial charge >= 0.3 is 5.97 Å². The molecule has 0 bridgehead atoms. The normalized spacial score (nSPS) is 10.9. The van der Waals surface area contributed by atoms with Crippen LogP contribution in [0.15, 0.2) is 0 Å². The minimum atomic E-state index is -0.427. The molecule has 0 N–H and O–H groups in total. The molecule has 0 aromatic heterocycles. The monoisotopic (exact) mass is 260 g/mol. The largest absolute Gasteiger partial charge is 0.460 e. The summed E-state index contributed by atoms with van der Waals surface area (Å²) in [4.78, 5) is 11.5. The number of carbonyl (C=O) groups excluding carboxylic acids is 1. The summed E-state index contributed by atoms with van der Waals surface area (Å²) in [5.74, 6) is -0.157. The third-order valence-electron chi connectivity index (χ3n) is 2.57. The Morgan fingerprint density at radius 1 is 0.944 bits per heavy atom. The number of hydrogen-bond donors (Lipinski definition) is 0. The van der Waals surface area contributed by atoms with E-state index in [4.69, 9.17) is 14.2 Å². The summed E-state index contributed by atoms with van der Waals surface area (Å²) in [6.45, 7) is 7.26. The average Bonchev–Trinajstić information content (AvgIpc) is 2.36. The number of rotatable bonds is 12. The lowest BCUT2D eigenvalue weighted by atomic mass is 10.1. The molecule has 0 spiro atoms. The summed E-state index contributed by atoms with van der Waals surface area (Å²) in [6.07, 6.45) is 5.74. The van der Waals surface area contributed by atoms with Crippen LogP contribution in [0.3, 0.4) is 0 Å². The fourth-order valence-electron chi connectivity index (χ4n) is 1.62. The van der Waals surface area contributed by atoms with Crippen molar-refractivity contribution in [2.24, 2.45) is 0 Å². The van der Waals surface area contributed by atoms with Gasteiger partial charge in [0.1, 0.15) is 6.61 Å². The van der Waals surface area contributed by atoms with Crippen molar-refractivity contribution in [2.75, 3.05) is 19.8 Å². The predicted octanol–water partition coefficient (Wildman–Crippen LogP) is 3.29. The Bertz CT molecular complexity index is 188. The molecule has 0 aliphatic carbocycles. The first-order valence-electron chi connectivity index (χ1n) is 7.13. The van der Waals surface area contributed by atoms with Crippen LogP contribution in [0.2, 0.25) is 0 Å². The Kier molecular flexibility index (Phi) is 12.4. The lowest BCUT2D eigenvalue weighted by molar-refractivity contribution is -0.179. The van der Waals surface area contributed by atoms with Crippen LogP contribution in [0.25, 0.3) is 0 Å². The van der Waals surface area contributed by atoms with Gasteiger partial charge in [0.25, 0.3) is 0 Å². The Morgan fingerprint density at radius 2 is 1.56 bits per heavy atom. The second kappa shape index (κ2) is 12.8. The van der Waals surface area contributed by atoms with E-state index in [0.717, 1.165) is 12.8 Å². The molecular weight excluding hydrogens is 232 g/mol. The van der Waals surface area contributed by atoms with Crippen LogP contribution >= 0.6 is 0 Å². The van der Waals surface area contributed by atoms with Gasteiger partial charge in [0.2, 0.25) is 0 Å². The van der Waals surface area contributed by atoms with Crippen molar-refractivity contribution < 1.29 is 19.0 Å². The van der Waals surface area contributed by atoms with Gasteiger partial charge in [0.15, 0.2) is 6.29 Å². The van der Waals surface area contributed by atoms with Crippen molar-refractivity contribution in [1.29, 1.82) is 0 Å². The van der Waals surface area contributed by atoms with E-state index in [1.54, 1.807) is 0 Å². The van der Waals surface area contributed by atoms with Crippen molar-refractivity contribution in [3.05, 3.63) is 0 Å². The van der Waals surface area contributed by atoms with Crippen molar-refractivity contribution in [1.82, 2.24) is 0 Å². The highest BCUT2D eigenvalue weighted by molar-refractivity contribution is 5.69. The lowest BCUT2D eigenvalue weighted by Gasteiger charge is -2.16. The molecule has 0 saturated carbocycles. The topological polar surface area (TPSA) is 44.8 Å². The van der Waals surface area contributed by atoms with Crippen LogP contribution in [-0.4, -0.2) is 32.1 Å². The molecule has 4 nitrogen and oxygen atoms in total. The minimum absolute atomic E-state index is 0.157. The van der Waals surface area contributed by atoms with Crippen LogP contribution in [0, 0.1) is 0 Å². The van der Waals surface area contributed by atoms with E-state index >= 15 is 0 Å². The predicted molar refractivity (Wildman–Crippen MR) is 71.4 cm³/mol. The molecule has 0 heterocycles. The van der Waals surface area contributed by atoms with Crippen LogP contribution in [-0.2, 0) is 19.0 Å². The van der Waals surface area contributed by atoms with Gasteiger partial charge in [-0.2, -0.15) is 0 Å². The highest BCUT2D eigenvalue weighted by Gasteiger charge is 2.11. The van der Waals surface area contributed by atoms with E-state index in [-0.39, 0.29) is 12.6 Å². The Labute approximate surface area is 111 Å². The van der Waals surface area contributed by atoms with Gasteiger partial charge < -0.3 is 14.2 Å². The third kappa shape index (κ3) is 10.5. The summed E-state index contributed by atoms with van der Waals surface area (Å²) < 4.78 is 15.7. The molecule has 0 aliphatic heterocycles. The summed E-state index contributed by atoms with van der Waals surface area (Å²) in [5.41, 5.74) is 0. The van der Waals surface area contributed by atoms with Gasteiger partial charge in [-0.25, -0.2) is 0 Å². The molecule has 0 aliphatic rings.